The summed E-state index contributed by atoms with van der Waals surface area (Å²) in [4.78, 5) is 17.6. The van der Waals surface area contributed by atoms with Gasteiger partial charge < -0.3 is 5.73 Å². The minimum atomic E-state index is -0.342. The molecular formula is C15H13Cl2N5O. The van der Waals surface area contributed by atoms with E-state index in [1.54, 1.807) is 24.4 Å². The number of benzene rings is 1. The van der Waals surface area contributed by atoms with Crippen molar-refractivity contribution in [3.05, 3.63) is 50.6 Å². The molecule has 2 heterocycles. The lowest BCUT2D eigenvalue weighted by atomic mass is 10.1. The topological polar surface area (TPSA) is 89.6 Å². The van der Waals surface area contributed by atoms with Crippen LogP contribution >= 0.6 is 23.2 Å². The normalized spacial score (nSPS) is 16.0. The molecule has 23 heavy (non-hydrogen) atoms. The van der Waals surface area contributed by atoms with Gasteiger partial charge in [-0.15, -0.1) is 0 Å². The van der Waals surface area contributed by atoms with Crippen molar-refractivity contribution in [1.82, 2.24) is 19.7 Å². The molecule has 4 rings (SSSR count). The molecule has 0 amide bonds. The van der Waals surface area contributed by atoms with Crippen molar-refractivity contribution in [2.75, 3.05) is 0 Å². The van der Waals surface area contributed by atoms with Gasteiger partial charge in [-0.25, -0.2) is 9.55 Å². The molecular weight excluding hydrogens is 337 g/mol. The van der Waals surface area contributed by atoms with E-state index in [4.69, 9.17) is 28.9 Å². The molecule has 0 radical (unpaired) electrons. The molecule has 1 saturated carbocycles. The summed E-state index contributed by atoms with van der Waals surface area (Å²) in [6.45, 7) is 0. The van der Waals surface area contributed by atoms with E-state index in [1.807, 2.05) is 0 Å². The van der Waals surface area contributed by atoms with Crippen LogP contribution in [0.2, 0.25) is 10.0 Å². The van der Waals surface area contributed by atoms with E-state index in [0.717, 1.165) is 12.8 Å². The largest absolute Gasteiger partial charge is 0.321 e. The lowest BCUT2D eigenvalue weighted by Crippen LogP contribution is -2.30. The molecule has 8 heteroatoms. The Morgan fingerprint density at radius 1 is 1.26 bits per heavy atom. The molecule has 1 aliphatic carbocycles. The maximum Gasteiger partial charge on any atom is 0.268 e. The highest BCUT2D eigenvalue weighted by Gasteiger charge is 2.33. The van der Waals surface area contributed by atoms with E-state index >= 15 is 0 Å². The van der Waals surface area contributed by atoms with Gasteiger partial charge in [-0.3, -0.25) is 9.89 Å². The monoisotopic (exact) mass is 349 g/mol. The van der Waals surface area contributed by atoms with Crippen LogP contribution in [-0.4, -0.2) is 19.7 Å². The highest BCUT2D eigenvalue weighted by molar-refractivity contribution is 6.39. The fourth-order valence-electron chi connectivity index (χ4n) is 2.73. The van der Waals surface area contributed by atoms with Crippen LogP contribution in [0.5, 0.6) is 0 Å². The van der Waals surface area contributed by atoms with Gasteiger partial charge in [-0.2, -0.15) is 5.10 Å². The van der Waals surface area contributed by atoms with Gasteiger partial charge in [0.25, 0.3) is 5.56 Å². The Morgan fingerprint density at radius 3 is 2.65 bits per heavy atom. The quantitative estimate of drug-likeness (QED) is 0.760. The molecule has 3 aromatic rings. The second-order valence-electron chi connectivity index (χ2n) is 5.67. The third kappa shape index (κ3) is 2.34. The predicted octanol–water partition coefficient (Wildman–Crippen LogP) is 2.83. The number of H-pyrrole nitrogens is 1. The Labute approximate surface area is 141 Å². The van der Waals surface area contributed by atoms with Crippen LogP contribution in [0.1, 0.15) is 24.7 Å². The number of hydrogen-bond acceptors (Lipinski definition) is 4. The zero-order valence-corrected chi connectivity index (χ0v) is 13.5. The molecule has 6 nitrogen and oxygen atoms in total. The van der Waals surface area contributed by atoms with Crippen molar-refractivity contribution in [3.8, 4) is 5.82 Å². The average molecular weight is 350 g/mol. The van der Waals surface area contributed by atoms with Gasteiger partial charge in [-0.1, -0.05) is 23.2 Å². The third-order valence-electron chi connectivity index (χ3n) is 4.11. The second kappa shape index (κ2) is 5.33. The number of nitrogens with one attached hydrogen (secondary N) is 1. The minimum Gasteiger partial charge on any atom is -0.321 e. The first-order valence-corrected chi connectivity index (χ1v) is 7.99. The van der Waals surface area contributed by atoms with E-state index < -0.39 is 0 Å². The molecule has 1 atom stereocenters. The van der Waals surface area contributed by atoms with Gasteiger partial charge >= 0.3 is 0 Å². The van der Waals surface area contributed by atoms with Gasteiger partial charge in [-0.05, 0) is 30.9 Å². The molecule has 2 aromatic heterocycles. The number of hydrogen-bond donors (Lipinski definition) is 2. The molecule has 3 N–H and O–H groups in total. The van der Waals surface area contributed by atoms with E-state index in [0.29, 0.717) is 33.1 Å². The van der Waals surface area contributed by atoms with Gasteiger partial charge in [0.2, 0.25) is 0 Å². The van der Waals surface area contributed by atoms with Crippen molar-refractivity contribution in [2.24, 2.45) is 11.7 Å². The summed E-state index contributed by atoms with van der Waals surface area (Å²) in [5.74, 6) is 1.30. The summed E-state index contributed by atoms with van der Waals surface area (Å²) in [6.07, 6.45) is 3.63. The van der Waals surface area contributed by atoms with E-state index in [2.05, 4.69) is 15.2 Å². The third-order valence-corrected chi connectivity index (χ3v) is 4.73. The van der Waals surface area contributed by atoms with E-state index in [1.165, 1.54) is 4.57 Å². The Morgan fingerprint density at radius 2 is 2.00 bits per heavy atom. The van der Waals surface area contributed by atoms with Crippen molar-refractivity contribution in [3.63, 3.8) is 0 Å². The van der Waals surface area contributed by atoms with Crippen LogP contribution in [-0.2, 0) is 0 Å². The molecule has 1 aromatic carbocycles. The van der Waals surface area contributed by atoms with Crippen molar-refractivity contribution in [2.45, 2.75) is 18.9 Å². The molecule has 118 valence electrons. The highest BCUT2D eigenvalue weighted by atomic mass is 35.5. The van der Waals surface area contributed by atoms with Crippen LogP contribution in [0, 0.1) is 5.92 Å². The van der Waals surface area contributed by atoms with Gasteiger partial charge in [0.15, 0.2) is 0 Å². The predicted molar refractivity (Wildman–Crippen MR) is 89.2 cm³/mol. The molecule has 0 aliphatic heterocycles. The zero-order valence-electron chi connectivity index (χ0n) is 12.0. The maximum absolute atomic E-state index is 13.0. The Hall–Kier alpha value is -1.89. The summed E-state index contributed by atoms with van der Waals surface area (Å²) >= 11 is 12.4. The highest BCUT2D eigenvalue weighted by Crippen LogP contribution is 2.39. The molecule has 0 spiro atoms. The molecule has 1 unspecified atom stereocenters. The van der Waals surface area contributed by atoms with Crippen molar-refractivity contribution >= 4 is 34.1 Å². The van der Waals surface area contributed by atoms with E-state index in [9.17, 15) is 4.79 Å². The van der Waals surface area contributed by atoms with Crippen LogP contribution < -0.4 is 11.3 Å². The number of nitrogens with zero attached hydrogens (tertiary/aromatic N) is 3. The first-order valence-electron chi connectivity index (χ1n) is 7.24. The number of fused-ring (bicyclic) bond motifs is 1. The fourth-order valence-corrected chi connectivity index (χ4v) is 3.16. The lowest BCUT2D eigenvalue weighted by Gasteiger charge is -2.17. The zero-order chi connectivity index (χ0) is 16.1. The summed E-state index contributed by atoms with van der Waals surface area (Å²) in [5.41, 5.74) is 6.40. The molecule has 0 saturated heterocycles. The number of rotatable bonds is 3. The molecule has 0 bridgehead atoms. The van der Waals surface area contributed by atoms with Crippen LogP contribution in [0.4, 0.5) is 0 Å². The smallest absolute Gasteiger partial charge is 0.268 e. The first kappa shape index (κ1) is 14.7. The van der Waals surface area contributed by atoms with E-state index in [-0.39, 0.29) is 17.0 Å². The first-order chi connectivity index (χ1) is 11.1. The Balaban J connectivity index is 2.11. The molecule has 1 aliphatic rings. The SMILES string of the molecule is NC(c1nc2c(Cl)ccc(Cl)c2c(=O)n1-c1ccn[nH]1)C1CC1. The van der Waals surface area contributed by atoms with Gasteiger partial charge in [0, 0.05) is 6.07 Å². The van der Waals surface area contributed by atoms with Gasteiger partial charge in [0.1, 0.15) is 11.6 Å². The fraction of sp³-hybridized carbons (Fsp3) is 0.267. The average Bonchev–Trinajstić information content (AvgIpc) is 3.25. The van der Waals surface area contributed by atoms with Crippen LogP contribution in [0.25, 0.3) is 16.7 Å². The second-order valence-corrected chi connectivity index (χ2v) is 6.48. The molecule has 1 fully saturated rings. The Bertz CT molecular complexity index is 947. The van der Waals surface area contributed by atoms with Crippen molar-refractivity contribution < 1.29 is 0 Å². The summed E-state index contributed by atoms with van der Waals surface area (Å²) < 4.78 is 1.44. The number of aromatic nitrogens is 4. The van der Waals surface area contributed by atoms with Gasteiger partial charge in [0.05, 0.1) is 33.2 Å². The number of aromatic amines is 1. The maximum atomic E-state index is 13.0. The Kier molecular flexibility index (Phi) is 3.41. The number of halogens is 2. The number of nitrogens with two attached hydrogens (primary N) is 1. The summed E-state index contributed by atoms with van der Waals surface area (Å²) in [5, 5.41) is 7.66. The summed E-state index contributed by atoms with van der Waals surface area (Å²) in [7, 11) is 0. The van der Waals surface area contributed by atoms with Crippen LogP contribution in [0.15, 0.2) is 29.2 Å². The minimum absolute atomic E-state index is 0.278. The standard InChI is InChI=1S/C15H13Cl2N5O/c16-8-3-4-9(17)13-11(8)15(23)22(10-5-6-19-21-10)14(20-13)12(18)7-1-2-7/h3-7,12H,1-2,18H2,(H,19,21). The lowest BCUT2D eigenvalue weighted by molar-refractivity contribution is 0.571. The van der Waals surface area contributed by atoms with Crippen LogP contribution in [0.3, 0.4) is 0 Å². The van der Waals surface area contributed by atoms with Crippen molar-refractivity contribution in [1.29, 1.82) is 0 Å². The summed E-state index contributed by atoms with van der Waals surface area (Å²) in [6, 6.07) is 4.57.